The third-order valence-electron chi connectivity index (χ3n) is 7.21. The maximum Gasteiger partial charge on any atom is 0.225 e. The van der Waals surface area contributed by atoms with Crippen LogP contribution in [0, 0.1) is 0 Å². The SMILES string of the molecule is O=C(CCOc1ccccc1)N1CCC(Nc2cc(-c3ccccc3C3CC3)nc3c(Br)cnn23)CC1. The van der Waals surface area contributed by atoms with E-state index in [1.54, 1.807) is 6.20 Å². The van der Waals surface area contributed by atoms with Crippen molar-refractivity contribution in [1.82, 2.24) is 19.5 Å². The quantitative estimate of drug-likeness (QED) is 0.290. The number of fused-ring (bicyclic) bond motifs is 1. The molecule has 2 fully saturated rings. The summed E-state index contributed by atoms with van der Waals surface area (Å²) in [6.07, 6.45) is 6.44. The summed E-state index contributed by atoms with van der Waals surface area (Å²) in [5, 5.41) is 8.27. The number of para-hydroxylation sites is 1. The average Bonchev–Trinajstić information content (AvgIpc) is 3.72. The molecule has 1 saturated heterocycles. The van der Waals surface area contributed by atoms with Gasteiger partial charge in [-0.2, -0.15) is 9.61 Å². The van der Waals surface area contributed by atoms with Crippen LogP contribution in [-0.4, -0.2) is 51.1 Å². The zero-order chi connectivity index (χ0) is 25.2. The van der Waals surface area contributed by atoms with E-state index in [0.29, 0.717) is 18.9 Å². The second-order valence-corrected chi connectivity index (χ2v) is 10.7. The highest BCUT2D eigenvalue weighted by atomic mass is 79.9. The molecule has 2 aromatic carbocycles. The van der Waals surface area contributed by atoms with Crippen molar-refractivity contribution in [3.63, 3.8) is 0 Å². The number of carbonyl (C=O) groups excluding carboxylic acids is 1. The molecule has 3 heterocycles. The first-order valence-corrected chi connectivity index (χ1v) is 13.8. The molecule has 7 nitrogen and oxygen atoms in total. The molecule has 1 saturated carbocycles. The number of rotatable bonds is 8. The fourth-order valence-electron chi connectivity index (χ4n) is 5.07. The zero-order valence-electron chi connectivity index (χ0n) is 20.6. The Hall–Kier alpha value is -3.39. The zero-order valence-corrected chi connectivity index (χ0v) is 22.2. The summed E-state index contributed by atoms with van der Waals surface area (Å²) in [7, 11) is 0. The van der Waals surface area contributed by atoms with Crippen molar-refractivity contribution >= 4 is 33.3 Å². The number of hydrogen-bond donors (Lipinski definition) is 1. The molecule has 0 spiro atoms. The van der Waals surface area contributed by atoms with Gasteiger partial charge in [-0.3, -0.25) is 4.79 Å². The van der Waals surface area contributed by atoms with Gasteiger partial charge in [0.2, 0.25) is 5.91 Å². The number of ether oxygens (including phenoxy) is 1. The lowest BCUT2D eigenvalue weighted by atomic mass is 10.00. The van der Waals surface area contributed by atoms with Gasteiger partial charge >= 0.3 is 0 Å². The summed E-state index contributed by atoms with van der Waals surface area (Å²) in [5.41, 5.74) is 4.34. The molecule has 0 atom stereocenters. The molecule has 1 aliphatic heterocycles. The summed E-state index contributed by atoms with van der Waals surface area (Å²) < 4.78 is 8.45. The number of amides is 1. The van der Waals surface area contributed by atoms with E-state index in [9.17, 15) is 4.79 Å². The molecule has 6 rings (SSSR count). The normalized spacial score (nSPS) is 16.2. The van der Waals surface area contributed by atoms with E-state index in [-0.39, 0.29) is 11.9 Å². The summed E-state index contributed by atoms with van der Waals surface area (Å²) in [6, 6.07) is 20.6. The van der Waals surface area contributed by atoms with Gasteiger partial charge in [0.05, 0.1) is 29.4 Å². The largest absolute Gasteiger partial charge is 0.493 e. The lowest BCUT2D eigenvalue weighted by Gasteiger charge is -2.33. The molecule has 4 aromatic rings. The Morgan fingerprint density at radius 2 is 1.78 bits per heavy atom. The predicted molar refractivity (Wildman–Crippen MR) is 148 cm³/mol. The van der Waals surface area contributed by atoms with Crippen LogP contribution < -0.4 is 10.1 Å². The molecule has 1 aliphatic carbocycles. The minimum Gasteiger partial charge on any atom is -0.493 e. The first-order chi connectivity index (χ1) is 18.2. The van der Waals surface area contributed by atoms with Crippen LogP contribution in [0.15, 0.2) is 71.3 Å². The third-order valence-corrected chi connectivity index (χ3v) is 7.77. The Labute approximate surface area is 225 Å². The first kappa shape index (κ1) is 24.0. The summed E-state index contributed by atoms with van der Waals surface area (Å²) in [5.74, 6) is 2.51. The van der Waals surface area contributed by atoms with Crippen molar-refractivity contribution in [2.24, 2.45) is 0 Å². The Morgan fingerprint density at radius 3 is 2.57 bits per heavy atom. The van der Waals surface area contributed by atoms with Crippen LogP contribution >= 0.6 is 15.9 Å². The van der Waals surface area contributed by atoms with Crippen LogP contribution in [0.4, 0.5) is 5.82 Å². The van der Waals surface area contributed by atoms with Crippen LogP contribution in [0.3, 0.4) is 0 Å². The topological polar surface area (TPSA) is 71.8 Å². The van der Waals surface area contributed by atoms with Gasteiger partial charge in [0.25, 0.3) is 0 Å². The van der Waals surface area contributed by atoms with Crippen molar-refractivity contribution in [2.75, 3.05) is 25.0 Å². The molecule has 37 heavy (non-hydrogen) atoms. The highest BCUT2D eigenvalue weighted by molar-refractivity contribution is 9.10. The lowest BCUT2D eigenvalue weighted by molar-refractivity contribution is -0.132. The second kappa shape index (κ2) is 10.5. The molecule has 190 valence electrons. The highest BCUT2D eigenvalue weighted by Gasteiger charge is 2.27. The first-order valence-electron chi connectivity index (χ1n) is 13.0. The predicted octanol–water partition coefficient (Wildman–Crippen LogP) is 5.91. The van der Waals surface area contributed by atoms with E-state index in [1.807, 2.05) is 39.7 Å². The Morgan fingerprint density at radius 1 is 1.03 bits per heavy atom. The highest BCUT2D eigenvalue weighted by Crippen LogP contribution is 2.44. The van der Waals surface area contributed by atoms with Gasteiger partial charge in [0, 0.05) is 30.8 Å². The van der Waals surface area contributed by atoms with E-state index in [4.69, 9.17) is 9.72 Å². The molecule has 2 aromatic heterocycles. The second-order valence-electron chi connectivity index (χ2n) is 9.83. The fourth-order valence-corrected chi connectivity index (χ4v) is 5.42. The number of halogens is 1. The van der Waals surface area contributed by atoms with Crippen LogP contribution in [-0.2, 0) is 4.79 Å². The molecule has 0 bridgehead atoms. The van der Waals surface area contributed by atoms with Crippen LogP contribution in [0.2, 0.25) is 0 Å². The Kier molecular flexibility index (Phi) is 6.83. The Bertz CT molecular complexity index is 1390. The number of nitrogens with zero attached hydrogens (tertiary/aromatic N) is 4. The molecule has 1 amide bonds. The van der Waals surface area contributed by atoms with Gasteiger partial charge < -0.3 is 15.0 Å². The van der Waals surface area contributed by atoms with E-state index < -0.39 is 0 Å². The lowest BCUT2D eigenvalue weighted by Crippen LogP contribution is -2.43. The van der Waals surface area contributed by atoms with Gasteiger partial charge in [-0.1, -0.05) is 42.5 Å². The van der Waals surface area contributed by atoms with Gasteiger partial charge in [0.15, 0.2) is 5.65 Å². The van der Waals surface area contributed by atoms with Crippen molar-refractivity contribution in [2.45, 2.75) is 44.1 Å². The van der Waals surface area contributed by atoms with Crippen LogP contribution in [0.5, 0.6) is 5.75 Å². The number of hydrogen-bond acceptors (Lipinski definition) is 5. The van der Waals surface area contributed by atoms with Crippen LogP contribution in [0.25, 0.3) is 16.9 Å². The minimum atomic E-state index is 0.149. The molecule has 8 heteroatoms. The third kappa shape index (κ3) is 5.34. The molecule has 2 aliphatic rings. The number of benzene rings is 2. The molecule has 0 radical (unpaired) electrons. The summed E-state index contributed by atoms with van der Waals surface area (Å²) in [6.45, 7) is 1.86. The molecular weight excluding hydrogens is 530 g/mol. The number of piperidine rings is 1. The fraction of sp³-hybridized carbons (Fsp3) is 0.345. The van der Waals surface area contributed by atoms with E-state index in [0.717, 1.165) is 53.3 Å². The summed E-state index contributed by atoms with van der Waals surface area (Å²) in [4.78, 5) is 19.6. The molecule has 1 N–H and O–H groups in total. The Balaban J connectivity index is 1.12. The standard InChI is InChI=1S/C29H30BrN5O2/c30-25-19-31-35-27(18-26(33-29(25)35)24-9-5-4-8-23(24)20-10-11-20)32-21-12-15-34(16-13-21)28(36)14-17-37-22-6-2-1-3-7-22/h1-9,18-21,32H,10-17H2. The molecular formula is C29H30BrN5O2. The van der Waals surface area contributed by atoms with Crippen molar-refractivity contribution in [3.8, 4) is 17.0 Å². The van der Waals surface area contributed by atoms with Gasteiger partial charge in [-0.15, -0.1) is 0 Å². The maximum atomic E-state index is 12.7. The van der Waals surface area contributed by atoms with Gasteiger partial charge in [-0.25, -0.2) is 4.98 Å². The van der Waals surface area contributed by atoms with Crippen molar-refractivity contribution < 1.29 is 9.53 Å². The number of likely N-dealkylation sites (tertiary alicyclic amines) is 1. The smallest absolute Gasteiger partial charge is 0.225 e. The minimum absolute atomic E-state index is 0.149. The molecule has 0 unspecified atom stereocenters. The van der Waals surface area contributed by atoms with E-state index in [2.05, 4.69) is 56.7 Å². The van der Waals surface area contributed by atoms with Crippen LogP contribution in [0.1, 0.15) is 43.6 Å². The summed E-state index contributed by atoms with van der Waals surface area (Å²) >= 11 is 3.62. The number of aromatic nitrogens is 3. The number of nitrogens with one attached hydrogen (secondary N) is 1. The van der Waals surface area contributed by atoms with Crippen molar-refractivity contribution in [1.29, 1.82) is 0 Å². The van der Waals surface area contributed by atoms with E-state index >= 15 is 0 Å². The monoisotopic (exact) mass is 559 g/mol. The van der Waals surface area contributed by atoms with E-state index in [1.165, 1.54) is 24.0 Å². The number of anilines is 1. The number of carbonyl (C=O) groups is 1. The maximum absolute atomic E-state index is 12.7. The van der Waals surface area contributed by atoms with Crippen molar-refractivity contribution in [3.05, 3.63) is 76.9 Å². The average molecular weight is 560 g/mol. The van der Waals surface area contributed by atoms with Gasteiger partial charge in [0.1, 0.15) is 11.6 Å². The van der Waals surface area contributed by atoms with Gasteiger partial charge in [-0.05, 0) is 65.2 Å².